The Balaban J connectivity index is 1.54. The maximum absolute atomic E-state index is 12.8. The van der Waals surface area contributed by atoms with Crippen LogP contribution in [0.25, 0.3) is 6.08 Å². The Morgan fingerprint density at radius 1 is 1.14 bits per heavy atom. The van der Waals surface area contributed by atoms with Gasteiger partial charge in [0, 0.05) is 16.8 Å². The van der Waals surface area contributed by atoms with Gasteiger partial charge < -0.3 is 10.1 Å². The summed E-state index contributed by atoms with van der Waals surface area (Å²) in [5.74, 6) is -1.98. The fourth-order valence-electron chi connectivity index (χ4n) is 3.31. The van der Waals surface area contributed by atoms with Crippen molar-refractivity contribution >= 4 is 68.4 Å². The molecule has 10 nitrogen and oxygen atoms in total. The monoisotopic (exact) mass is 570 g/mol. The van der Waals surface area contributed by atoms with Crippen LogP contribution in [0.3, 0.4) is 0 Å². The van der Waals surface area contributed by atoms with Crippen molar-refractivity contribution in [2.24, 2.45) is 0 Å². The van der Waals surface area contributed by atoms with Crippen LogP contribution in [0, 0.1) is 10.1 Å². The van der Waals surface area contributed by atoms with Crippen molar-refractivity contribution in [1.82, 2.24) is 5.43 Å². The Kier molecular flexibility index (Phi) is 7.32. The Labute approximate surface area is 217 Å². The average Bonchev–Trinajstić information content (AvgIpc) is 3.13. The molecule has 3 amide bonds. The fourth-order valence-corrected chi connectivity index (χ4v) is 4.02. The first-order valence-electron chi connectivity index (χ1n) is 10.3. The van der Waals surface area contributed by atoms with E-state index in [2.05, 4.69) is 26.7 Å². The maximum atomic E-state index is 12.8. The highest BCUT2D eigenvalue weighted by Gasteiger charge is 2.34. The van der Waals surface area contributed by atoms with Crippen LogP contribution in [-0.4, -0.2) is 29.3 Å². The van der Waals surface area contributed by atoms with Crippen molar-refractivity contribution < 1.29 is 24.0 Å². The van der Waals surface area contributed by atoms with Crippen LogP contribution in [0.1, 0.15) is 5.56 Å². The molecule has 0 aliphatic carbocycles. The summed E-state index contributed by atoms with van der Waals surface area (Å²) in [6, 6.07) is 17.5. The van der Waals surface area contributed by atoms with Gasteiger partial charge >= 0.3 is 5.69 Å². The first kappa shape index (κ1) is 24.9. The molecule has 0 radical (unpaired) electrons. The van der Waals surface area contributed by atoms with Gasteiger partial charge in [0.1, 0.15) is 5.57 Å². The van der Waals surface area contributed by atoms with Gasteiger partial charge in [0.25, 0.3) is 17.7 Å². The summed E-state index contributed by atoms with van der Waals surface area (Å²) < 4.78 is 5.59. The molecule has 0 saturated carbocycles. The molecule has 1 saturated heterocycles. The third-order valence-corrected chi connectivity index (χ3v) is 5.78. The normalized spacial score (nSPS) is 14.1. The highest BCUT2D eigenvalue weighted by Crippen LogP contribution is 2.37. The van der Waals surface area contributed by atoms with E-state index < -0.39 is 34.9 Å². The number of carbonyl (C=O) groups is 3. The number of carbonyl (C=O) groups excluding carboxylic acids is 3. The number of nitro benzene ring substituents is 1. The van der Waals surface area contributed by atoms with Gasteiger partial charge in [-0.05, 0) is 70.0 Å². The molecule has 1 aliphatic heterocycles. The molecule has 3 aromatic carbocycles. The van der Waals surface area contributed by atoms with E-state index >= 15 is 0 Å². The first-order valence-corrected chi connectivity index (χ1v) is 11.5. The van der Waals surface area contributed by atoms with Crippen molar-refractivity contribution in [3.8, 4) is 5.75 Å². The van der Waals surface area contributed by atoms with E-state index in [1.54, 1.807) is 54.6 Å². The number of hydrogen-bond donors (Lipinski definition) is 2. The SMILES string of the molecule is O=C(COc1c(Br)cc(/C=C2/C(=O)NN(c3ccccc3)C2=O)cc1[N+](=O)[O-])Nc1ccc(Cl)cc1. The Bertz CT molecular complexity index is 1400. The molecule has 0 bridgehead atoms. The molecule has 1 fully saturated rings. The smallest absolute Gasteiger partial charge is 0.312 e. The van der Waals surface area contributed by atoms with Crippen LogP contribution in [0.15, 0.2) is 76.8 Å². The lowest BCUT2D eigenvalue weighted by atomic mass is 10.1. The molecule has 2 N–H and O–H groups in total. The standard InChI is InChI=1S/C24H16BrClN4O6/c25-19-11-14(10-18-23(32)28-29(24(18)33)17-4-2-1-3-5-17)12-20(30(34)35)22(19)36-13-21(31)27-16-8-6-15(26)7-9-16/h1-12H,13H2,(H,27,31)(H,28,32)/b18-10-. The summed E-state index contributed by atoms with van der Waals surface area (Å²) in [5, 5.41) is 15.9. The van der Waals surface area contributed by atoms with Gasteiger partial charge in [-0.15, -0.1) is 0 Å². The molecule has 0 aromatic heterocycles. The maximum Gasteiger partial charge on any atom is 0.312 e. The predicted molar refractivity (Wildman–Crippen MR) is 136 cm³/mol. The molecule has 0 unspecified atom stereocenters. The summed E-state index contributed by atoms with van der Waals surface area (Å²) in [7, 11) is 0. The molecule has 12 heteroatoms. The summed E-state index contributed by atoms with van der Waals surface area (Å²) in [6.07, 6.45) is 1.25. The molecule has 4 rings (SSSR count). The molecule has 182 valence electrons. The number of halogens is 2. The molecule has 1 heterocycles. The van der Waals surface area contributed by atoms with Gasteiger partial charge in [0.05, 0.1) is 15.1 Å². The number of benzene rings is 3. The van der Waals surface area contributed by atoms with Gasteiger partial charge in [-0.2, -0.15) is 0 Å². The number of nitrogens with zero attached hydrogens (tertiary/aromatic N) is 2. The minimum Gasteiger partial charge on any atom is -0.476 e. The number of rotatable bonds is 7. The van der Waals surface area contributed by atoms with Gasteiger partial charge in [0.15, 0.2) is 6.61 Å². The largest absolute Gasteiger partial charge is 0.476 e. The Morgan fingerprint density at radius 2 is 1.83 bits per heavy atom. The van der Waals surface area contributed by atoms with E-state index in [9.17, 15) is 24.5 Å². The van der Waals surface area contributed by atoms with Gasteiger partial charge in [0.2, 0.25) is 5.75 Å². The van der Waals surface area contributed by atoms with E-state index in [-0.39, 0.29) is 21.4 Å². The van der Waals surface area contributed by atoms with Crippen molar-refractivity contribution in [2.45, 2.75) is 0 Å². The minimum absolute atomic E-state index is 0.161. The van der Waals surface area contributed by atoms with Crippen LogP contribution in [-0.2, 0) is 14.4 Å². The molecule has 0 spiro atoms. The fraction of sp³-hybridized carbons (Fsp3) is 0.0417. The molecule has 0 atom stereocenters. The zero-order chi connectivity index (χ0) is 25.8. The predicted octanol–water partition coefficient (Wildman–Crippen LogP) is 4.49. The highest BCUT2D eigenvalue weighted by atomic mass is 79.9. The van der Waals surface area contributed by atoms with Gasteiger partial charge in [-0.25, -0.2) is 5.01 Å². The Hall–Kier alpha value is -4.22. The molecular weight excluding hydrogens is 556 g/mol. The second-order valence-corrected chi connectivity index (χ2v) is 8.72. The lowest BCUT2D eigenvalue weighted by Gasteiger charge is -2.13. The summed E-state index contributed by atoms with van der Waals surface area (Å²) in [5.41, 5.74) is 2.96. The van der Waals surface area contributed by atoms with Crippen molar-refractivity contribution in [3.05, 3.63) is 97.5 Å². The average molecular weight is 572 g/mol. The van der Waals surface area contributed by atoms with Gasteiger partial charge in [-0.1, -0.05) is 29.8 Å². The zero-order valence-electron chi connectivity index (χ0n) is 18.2. The number of amides is 3. The minimum atomic E-state index is -0.688. The number of nitrogens with one attached hydrogen (secondary N) is 2. The molecular formula is C24H16BrClN4O6. The van der Waals surface area contributed by atoms with E-state index in [4.69, 9.17) is 16.3 Å². The number of ether oxygens (including phenoxy) is 1. The lowest BCUT2D eigenvalue weighted by molar-refractivity contribution is -0.385. The van der Waals surface area contributed by atoms with Crippen molar-refractivity contribution in [2.75, 3.05) is 16.9 Å². The molecule has 3 aromatic rings. The summed E-state index contributed by atoms with van der Waals surface area (Å²) >= 11 is 9.04. The van der Waals surface area contributed by atoms with Crippen LogP contribution in [0.5, 0.6) is 5.75 Å². The quantitative estimate of drug-likeness (QED) is 0.186. The van der Waals surface area contributed by atoms with E-state index in [1.165, 1.54) is 12.1 Å². The number of hydrazine groups is 1. The van der Waals surface area contributed by atoms with Crippen LogP contribution in [0.2, 0.25) is 5.02 Å². The summed E-state index contributed by atoms with van der Waals surface area (Å²) in [4.78, 5) is 48.5. The van der Waals surface area contributed by atoms with Crippen LogP contribution >= 0.6 is 27.5 Å². The highest BCUT2D eigenvalue weighted by molar-refractivity contribution is 9.10. The van der Waals surface area contributed by atoms with E-state index in [0.29, 0.717) is 16.4 Å². The number of nitro groups is 1. The van der Waals surface area contributed by atoms with E-state index in [0.717, 1.165) is 11.1 Å². The lowest BCUT2D eigenvalue weighted by Crippen LogP contribution is -2.35. The number of para-hydroxylation sites is 1. The van der Waals surface area contributed by atoms with Crippen LogP contribution in [0.4, 0.5) is 17.1 Å². The zero-order valence-corrected chi connectivity index (χ0v) is 20.6. The van der Waals surface area contributed by atoms with Crippen molar-refractivity contribution in [3.63, 3.8) is 0 Å². The topological polar surface area (TPSA) is 131 Å². The third-order valence-electron chi connectivity index (χ3n) is 4.94. The second kappa shape index (κ2) is 10.6. The first-order chi connectivity index (χ1) is 17.2. The third kappa shape index (κ3) is 5.53. The summed E-state index contributed by atoms with van der Waals surface area (Å²) in [6.45, 7) is -0.505. The van der Waals surface area contributed by atoms with Crippen LogP contribution < -0.4 is 20.5 Å². The van der Waals surface area contributed by atoms with Crippen molar-refractivity contribution in [1.29, 1.82) is 0 Å². The molecule has 1 aliphatic rings. The second-order valence-electron chi connectivity index (χ2n) is 7.43. The van der Waals surface area contributed by atoms with E-state index in [1.807, 2.05) is 0 Å². The number of hydrogen-bond acceptors (Lipinski definition) is 6. The molecule has 36 heavy (non-hydrogen) atoms. The number of anilines is 2. The Morgan fingerprint density at radius 3 is 2.50 bits per heavy atom. The van der Waals surface area contributed by atoms with Gasteiger partial charge in [-0.3, -0.25) is 29.9 Å².